The first-order chi connectivity index (χ1) is 14.6. The van der Waals surface area contributed by atoms with E-state index in [1.807, 2.05) is 0 Å². The lowest BCUT2D eigenvalue weighted by Crippen LogP contribution is -2.14. The Labute approximate surface area is 177 Å². The summed E-state index contributed by atoms with van der Waals surface area (Å²) in [6.07, 6.45) is 0. The lowest BCUT2D eigenvalue weighted by molar-refractivity contribution is -0.113. The number of amides is 1. The molecule has 3 aromatic rings. The Morgan fingerprint density at radius 3 is 2.27 bits per heavy atom. The molecule has 0 bridgehead atoms. The highest BCUT2D eigenvalue weighted by atomic mass is 32.2. The van der Waals surface area contributed by atoms with E-state index in [-0.39, 0.29) is 16.9 Å². The van der Waals surface area contributed by atoms with Gasteiger partial charge in [-0.05, 0) is 24.3 Å². The van der Waals surface area contributed by atoms with Crippen LogP contribution in [0.15, 0.2) is 46.0 Å². The normalized spacial score (nSPS) is 10.4. The van der Waals surface area contributed by atoms with Crippen LogP contribution in [0, 0.1) is 0 Å². The average molecular weight is 431 g/mol. The van der Waals surface area contributed by atoms with Crippen molar-refractivity contribution in [2.24, 2.45) is 0 Å². The molecule has 0 aliphatic rings. The van der Waals surface area contributed by atoms with Crippen LogP contribution in [0.25, 0.3) is 11.5 Å². The molecule has 30 heavy (non-hydrogen) atoms. The molecule has 1 N–H and O–H groups in total. The largest absolute Gasteiger partial charge is 0.497 e. The number of carbonyl (C=O) groups is 1. The Balaban J connectivity index is 1.64. The lowest BCUT2D eigenvalue weighted by atomic mass is 10.2. The van der Waals surface area contributed by atoms with Gasteiger partial charge in [0.05, 0.1) is 39.9 Å². The van der Waals surface area contributed by atoms with Crippen LogP contribution in [-0.2, 0) is 4.79 Å². The van der Waals surface area contributed by atoms with Gasteiger partial charge >= 0.3 is 0 Å². The topological polar surface area (TPSA) is 105 Å². The summed E-state index contributed by atoms with van der Waals surface area (Å²) >= 11 is 1.12. The zero-order valence-corrected chi connectivity index (χ0v) is 17.7. The molecule has 0 fully saturated rings. The number of nitrogens with zero attached hydrogens (tertiary/aromatic N) is 2. The second-order valence-corrected chi connectivity index (χ2v) is 6.80. The minimum atomic E-state index is -0.244. The first-order valence-electron chi connectivity index (χ1n) is 8.78. The van der Waals surface area contributed by atoms with Crippen molar-refractivity contribution in [3.8, 4) is 34.5 Å². The SMILES string of the molecule is COc1cc(OC)cc(-c2nnc(SCC(=O)Nc3ccc(OC)cc3OC)o2)c1. The summed E-state index contributed by atoms with van der Waals surface area (Å²) in [5.41, 5.74) is 1.19. The van der Waals surface area contributed by atoms with Gasteiger partial charge in [0.15, 0.2) is 0 Å². The zero-order chi connectivity index (χ0) is 21.5. The van der Waals surface area contributed by atoms with Gasteiger partial charge in [0, 0.05) is 17.7 Å². The maximum Gasteiger partial charge on any atom is 0.277 e. The smallest absolute Gasteiger partial charge is 0.277 e. The number of methoxy groups -OCH3 is 4. The minimum absolute atomic E-state index is 0.0816. The molecule has 3 rings (SSSR count). The third-order valence-corrected chi connectivity index (χ3v) is 4.83. The third-order valence-electron chi connectivity index (χ3n) is 4.01. The molecule has 1 aromatic heterocycles. The van der Waals surface area contributed by atoms with Gasteiger partial charge in [0.2, 0.25) is 11.8 Å². The van der Waals surface area contributed by atoms with Crippen LogP contribution < -0.4 is 24.3 Å². The molecule has 2 aromatic carbocycles. The number of carbonyl (C=O) groups excluding carboxylic acids is 1. The number of thioether (sulfide) groups is 1. The van der Waals surface area contributed by atoms with Crippen molar-refractivity contribution in [2.75, 3.05) is 39.5 Å². The highest BCUT2D eigenvalue weighted by molar-refractivity contribution is 7.99. The standard InChI is InChI=1S/C20H21N3O6S/c1-25-13-5-6-16(17(10-13)28-4)21-18(24)11-30-20-23-22-19(29-20)12-7-14(26-2)9-15(8-12)27-3/h5-10H,11H2,1-4H3,(H,21,24). The summed E-state index contributed by atoms with van der Waals surface area (Å²) in [4.78, 5) is 12.3. The fourth-order valence-corrected chi connectivity index (χ4v) is 3.09. The summed E-state index contributed by atoms with van der Waals surface area (Å²) in [7, 11) is 6.20. The number of hydrogen-bond donors (Lipinski definition) is 1. The molecule has 10 heteroatoms. The number of benzene rings is 2. The highest BCUT2D eigenvalue weighted by Crippen LogP contribution is 2.31. The number of anilines is 1. The van der Waals surface area contributed by atoms with Crippen LogP contribution >= 0.6 is 11.8 Å². The monoisotopic (exact) mass is 431 g/mol. The van der Waals surface area contributed by atoms with Crippen LogP contribution in [-0.4, -0.2) is 50.3 Å². The number of aromatic nitrogens is 2. The van der Waals surface area contributed by atoms with Crippen molar-refractivity contribution in [1.29, 1.82) is 0 Å². The molecule has 1 amide bonds. The number of ether oxygens (including phenoxy) is 4. The van der Waals surface area contributed by atoms with Crippen molar-refractivity contribution in [3.05, 3.63) is 36.4 Å². The van der Waals surface area contributed by atoms with E-state index in [1.54, 1.807) is 57.7 Å². The summed E-state index contributed by atoms with van der Waals surface area (Å²) in [5.74, 6) is 2.47. The van der Waals surface area contributed by atoms with Crippen LogP contribution in [0.3, 0.4) is 0 Å². The van der Waals surface area contributed by atoms with Gasteiger partial charge in [0.1, 0.15) is 23.0 Å². The fraction of sp³-hybridized carbons (Fsp3) is 0.250. The van der Waals surface area contributed by atoms with E-state index in [4.69, 9.17) is 23.4 Å². The molecule has 0 spiro atoms. The zero-order valence-electron chi connectivity index (χ0n) is 16.9. The van der Waals surface area contributed by atoms with E-state index in [1.165, 1.54) is 7.11 Å². The Kier molecular flexibility index (Phi) is 7.02. The fourth-order valence-electron chi connectivity index (χ4n) is 2.53. The molecule has 0 aliphatic heterocycles. The molecular weight excluding hydrogens is 410 g/mol. The Hall–Kier alpha value is -3.40. The number of hydrogen-bond acceptors (Lipinski definition) is 9. The molecule has 1 heterocycles. The van der Waals surface area contributed by atoms with Gasteiger partial charge in [-0.1, -0.05) is 11.8 Å². The van der Waals surface area contributed by atoms with E-state index in [9.17, 15) is 4.79 Å². The van der Waals surface area contributed by atoms with Gasteiger partial charge in [-0.25, -0.2) is 0 Å². The van der Waals surface area contributed by atoms with Crippen molar-refractivity contribution in [1.82, 2.24) is 10.2 Å². The van der Waals surface area contributed by atoms with Crippen LogP contribution in [0.4, 0.5) is 5.69 Å². The van der Waals surface area contributed by atoms with E-state index in [0.717, 1.165) is 11.8 Å². The Bertz CT molecular complexity index is 1000. The second kappa shape index (κ2) is 9.88. The molecule has 0 atom stereocenters. The van der Waals surface area contributed by atoms with Gasteiger partial charge in [-0.15, -0.1) is 10.2 Å². The molecule has 0 saturated heterocycles. The van der Waals surface area contributed by atoms with Gasteiger partial charge in [0.25, 0.3) is 5.22 Å². The average Bonchev–Trinajstić information content (AvgIpc) is 3.26. The first-order valence-corrected chi connectivity index (χ1v) is 9.76. The third kappa shape index (κ3) is 5.15. The molecule has 0 unspecified atom stereocenters. The van der Waals surface area contributed by atoms with E-state index < -0.39 is 0 Å². The van der Waals surface area contributed by atoms with Gasteiger partial charge < -0.3 is 28.7 Å². The predicted octanol–water partition coefficient (Wildman–Crippen LogP) is 3.50. The maximum absolute atomic E-state index is 12.3. The van der Waals surface area contributed by atoms with Gasteiger partial charge in [-0.3, -0.25) is 4.79 Å². The van der Waals surface area contributed by atoms with Gasteiger partial charge in [-0.2, -0.15) is 0 Å². The maximum atomic E-state index is 12.3. The van der Waals surface area contributed by atoms with E-state index >= 15 is 0 Å². The van der Waals surface area contributed by atoms with Crippen molar-refractivity contribution >= 4 is 23.4 Å². The Morgan fingerprint density at radius 1 is 0.933 bits per heavy atom. The summed E-state index contributed by atoms with van der Waals surface area (Å²) < 4.78 is 26.6. The van der Waals surface area contributed by atoms with Crippen LogP contribution in [0.2, 0.25) is 0 Å². The summed E-state index contributed by atoms with van der Waals surface area (Å²) in [6, 6.07) is 10.4. The second-order valence-electron chi connectivity index (χ2n) is 5.88. The molecular formula is C20H21N3O6S. The number of nitrogens with one attached hydrogen (secondary N) is 1. The molecule has 0 radical (unpaired) electrons. The Morgan fingerprint density at radius 2 is 1.63 bits per heavy atom. The quantitative estimate of drug-likeness (QED) is 0.510. The highest BCUT2D eigenvalue weighted by Gasteiger charge is 2.14. The van der Waals surface area contributed by atoms with Crippen molar-refractivity contribution in [2.45, 2.75) is 5.22 Å². The van der Waals surface area contributed by atoms with Crippen molar-refractivity contribution in [3.63, 3.8) is 0 Å². The van der Waals surface area contributed by atoms with Crippen molar-refractivity contribution < 1.29 is 28.2 Å². The summed E-state index contributed by atoms with van der Waals surface area (Å²) in [6.45, 7) is 0. The minimum Gasteiger partial charge on any atom is -0.497 e. The van der Waals surface area contributed by atoms with Crippen LogP contribution in [0.1, 0.15) is 0 Å². The van der Waals surface area contributed by atoms with E-state index in [0.29, 0.717) is 40.1 Å². The molecule has 0 aliphatic carbocycles. The number of rotatable bonds is 9. The predicted molar refractivity (Wildman–Crippen MR) is 112 cm³/mol. The molecule has 9 nitrogen and oxygen atoms in total. The molecule has 158 valence electrons. The molecule has 0 saturated carbocycles. The lowest BCUT2D eigenvalue weighted by Gasteiger charge is -2.11. The first kappa shape index (κ1) is 21.3. The van der Waals surface area contributed by atoms with E-state index in [2.05, 4.69) is 15.5 Å². The summed E-state index contributed by atoms with van der Waals surface area (Å²) in [5, 5.41) is 11.1. The van der Waals surface area contributed by atoms with Crippen LogP contribution in [0.5, 0.6) is 23.0 Å².